The Morgan fingerprint density at radius 2 is 1.97 bits per heavy atom. The fourth-order valence-electron chi connectivity index (χ4n) is 3.71. The summed E-state index contributed by atoms with van der Waals surface area (Å²) < 4.78 is 42.7. The monoisotopic (exact) mass is 414 g/mol. The summed E-state index contributed by atoms with van der Waals surface area (Å²) in [5.74, 6) is -0.511. The summed E-state index contributed by atoms with van der Waals surface area (Å²) in [6.07, 6.45) is 1.36. The van der Waals surface area contributed by atoms with Crippen molar-refractivity contribution in [3.8, 4) is 11.3 Å². The third-order valence-corrected chi connectivity index (χ3v) is 5.47. The minimum absolute atomic E-state index is 0.133. The summed E-state index contributed by atoms with van der Waals surface area (Å²) >= 11 is 0. The molecule has 5 rings (SSSR count). The largest absolute Gasteiger partial charge is 0.392 e. The molecule has 0 aliphatic heterocycles. The SMILES string of the molecule is Cn1nccc1Nc1nccc(-c2ccn3c(C4CCC4C(F)(F)F)nnc3c2)n1. The Bertz CT molecular complexity index is 1210. The first-order valence-corrected chi connectivity index (χ1v) is 9.40. The molecule has 0 aromatic carbocycles. The molecule has 2 unspecified atom stereocenters. The molecule has 30 heavy (non-hydrogen) atoms. The Morgan fingerprint density at radius 3 is 2.67 bits per heavy atom. The van der Waals surface area contributed by atoms with Crippen molar-refractivity contribution in [2.75, 3.05) is 5.32 Å². The number of hydrogen-bond donors (Lipinski definition) is 1. The Hall–Kier alpha value is -3.50. The summed E-state index contributed by atoms with van der Waals surface area (Å²) in [7, 11) is 1.80. The Kier molecular flexibility index (Phi) is 4.19. The molecule has 1 saturated carbocycles. The maximum absolute atomic E-state index is 13.1. The number of anilines is 2. The van der Waals surface area contributed by atoms with Crippen molar-refractivity contribution in [2.24, 2.45) is 13.0 Å². The van der Waals surface area contributed by atoms with E-state index < -0.39 is 18.0 Å². The van der Waals surface area contributed by atoms with Gasteiger partial charge >= 0.3 is 6.18 Å². The van der Waals surface area contributed by atoms with E-state index in [4.69, 9.17) is 0 Å². The molecule has 0 spiro atoms. The molecule has 0 saturated heterocycles. The van der Waals surface area contributed by atoms with E-state index >= 15 is 0 Å². The van der Waals surface area contributed by atoms with Gasteiger partial charge in [-0.1, -0.05) is 0 Å². The van der Waals surface area contributed by atoms with Crippen molar-refractivity contribution in [1.29, 1.82) is 0 Å². The predicted octanol–water partition coefficient (Wildman–Crippen LogP) is 3.72. The quantitative estimate of drug-likeness (QED) is 0.548. The minimum atomic E-state index is -4.22. The van der Waals surface area contributed by atoms with Gasteiger partial charge in [-0.2, -0.15) is 18.3 Å². The third kappa shape index (κ3) is 3.15. The summed E-state index contributed by atoms with van der Waals surface area (Å²) in [6.45, 7) is 0. The van der Waals surface area contributed by atoms with Gasteiger partial charge in [-0.25, -0.2) is 9.97 Å². The maximum Gasteiger partial charge on any atom is 0.392 e. The average molecular weight is 414 g/mol. The second-order valence-electron chi connectivity index (χ2n) is 7.26. The molecule has 4 heterocycles. The third-order valence-electron chi connectivity index (χ3n) is 5.47. The maximum atomic E-state index is 13.1. The van der Waals surface area contributed by atoms with Crippen LogP contribution in [0.15, 0.2) is 42.9 Å². The molecule has 1 fully saturated rings. The van der Waals surface area contributed by atoms with E-state index in [0.717, 1.165) is 11.4 Å². The van der Waals surface area contributed by atoms with Crippen molar-refractivity contribution in [3.05, 3.63) is 48.7 Å². The fourth-order valence-corrected chi connectivity index (χ4v) is 3.71. The van der Waals surface area contributed by atoms with Crippen LogP contribution in [0.1, 0.15) is 24.6 Å². The van der Waals surface area contributed by atoms with Gasteiger partial charge < -0.3 is 5.32 Å². The van der Waals surface area contributed by atoms with E-state index in [1.807, 2.05) is 0 Å². The second-order valence-corrected chi connectivity index (χ2v) is 7.26. The van der Waals surface area contributed by atoms with Crippen LogP contribution in [0.25, 0.3) is 16.9 Å². The van der Waals surface area contributed by atoms with Crippen molar-refractivity contribution in [2.45, 2.75) is 24.9 Å². The zero-order valence-electron chi connectivity index (χ0n) is 15.9. The van der Waals surface area contributed by atoms with E-state index in [1.165, 1.54) is 0 Å². The highest BCUT2D eigenvalue weighted by Crippen LogP contribution is 2.50. The number of aromatic nitrogens is 7. The lowest BCUT2D eigenvalue weighted by molar-refractivity contribution is -0.201. The molecular weight excluding hydrogens is 397 g/mol. The summed E-state index contributed by atoms with van der Waals surface area (Å²) in [5, 5.41) is 15.3. The zero-order valence-corrected chi connectivity index (χ0v) is 15.9. The highest BCUT2D eigenvalue weighted by Gasteiger charge is 2.51. The number of fused-ring (bicyclic) bond motifs is 1. The van der Waals surface area contributed by atoms with E-state index in [-0.39, 0.29) is 6.42 Å². The first-order valence-electron chi connectivity index (χ1n) is 9.40. The van der Waals surface area contributed by atoms with Gasteiger partial charge in [0.1, 0.15) is 11.6 Å². The Labute approximate surface area is 168 Å². The molecule has 0 radical (unpaired) electrons. The molecule has 4 aromatic rings. The number of halogens is 3. The van der Waals surface area contributed by atoms with Crippen LogP contribution in [-0.2, 0) is 7.05 Å². The zero-order chi connectivity index (χ0) is 20.9. The van der Waals surface area contributed by atoms with Crippen LogP contribution in [-0.4, -0.2) is 40.5 Å². The van der Waals surface area contributed by atoms with E-state index in [0.29, 0.717) is 29.5 Å². The van der Waals surface area contributed by atoms with Crippen LogP contribution in [0.2, 0.25) is 0 Å². The number of nitrogens with zero attached hydrogens (tertiary/aromatic N) is 7. The normalized spacial score (nSPS) is 19.1. The van der Waals surface area contributed by atoms with Gasteiger partial charge in [0.2, 0.25) is 5.95 Å². The number of alkyl halides is 3. The number of rotatable bonds is 4. The van der Waals surface area contributed by atoms with Gasteiger partial charge in [0, 0.05) is 37.0 Å². The first kappa shape index (κ1) is 18.5. The van der Waals surface area contributed by atoms with Crippen molar-refractivity contribution >= 4 is 17.4 Å². The van der Waals surface area contributed by atoms with Gasteiger partial charge in [-0.05, 0) is 31.0 Å². The van der Waals surface area contributed by atoms with Gasteiger partial charge in [-0.15, -0.1) is 10.2 Å². The van der Waals surface area contributed by atoms with E-state index in [1.54, 1.807) is 59.0 Å². The lowest BCUT2D eigenvalue weighted by Crippen LogP contribution is -2.37. The van der Waals surface area contributed by atoms with Crippen molar-refractivity contribution < 1.29 is 13.2 Å². The molecule has 4 aromatic heterocycles. The van der Waals surface area contributed by atoms with Crippen molar-refractivity contribution in [3.63, 3.8) is 0 Å². The molecule has 0 bridgehead atoms. The van der Waals surface area contributed by atoms with Gasteiger partial charge in [-0.3, -0.25) is 9.08 Å². The molecule has 0 amide bonds. The molecule has 8 nitrogen and oxygen atoms in total. The molecule has 11 heteroatoms. The van der Waals surface area contributed by atoms with Gasteiger partial charge in [0.25, 0.3) is 0 Å². The Balaban J connectivity index is 1.44. The summed E-state index contributed by atoms with van der Waals surface area (Å²) in [6, 6.07) is 7.10. The second kappa shape index (κ2) is 6.78. The van der Waals surface area contributed by atoms with Crippen molar-refractivity contribution in [1.82, 2.24) is 34.3 Å². The van der Waals surface area contributed by atoms with Crippen LogP contribution in [0, 0.1) is 5.92 Å². The number of nitrogens with one attached hydrogen (secondary N) is 1. The predicted molar refractivity (Wildman–Crippen MR) is 102 cm³/mol. The lowest BCUT2D eigenvalue weighted by Gasteiger charge is -2.36. The standard InChI is InChI=1S/C19H17F3N8/c1-29-15(5-8-24-29)26-18-23-7-4-14(25-18)11-6-9-30-16(10-11)27-28-17(30)12-2-3-13(12)19(20,21)22/h4-10,12-13H,2-3H2,1H3,(H,23,25,26). The van der Waals surface area contributed by atoms with E-state index in [9.17, 15) is 13.2 Å². The van der Waals surface area contributed by atoms with Crippen LogP contribution in [0.4, 0.5) is 24.9 Å². The van der Waals surface area contributed by atoms with Crippen LogP contribution >= 0.6 is 0 Å². The van der Waals surface area contributed by atoms with E-state index in [2.05, 4.69) is 30.6 Å². The topological polar surface area (TPSA) is 85.8 Å². The molecule has 2 atom stereocenters. The fraction of sp³-hybridized carbons (Fsp3) is 0.316. The van der Waals surface area contributed by atoms with Crippen LogP contribution in [0.5, 0.6) is 0 Å². The number of pyridine rings is 1. The average Bonchev–Trinajstić information content (AvgIpc) is 3.26. The number of aryl methyl sites for hydroxylation is 1. The minimum Gasteiger partial charge on any atom is -0.309 e. The molecular formula is C19H17F3N8. The highest BCUT2D eigenvalue weighted by molar-refractivity contribution is 5.65. The summed E-state index contributed by atoms with van der Waals surface area (Å²) in [5.41, 5.74) is 1.89. The Morgan fingerprint density at radius 1 is 1.10 bits per heavy atom. The smallest absolute Gasteiger partial charge is 0.309 e. The first-order chi connectivity index (χ1) is 14.4. The summed E-state index contributed by atoms with van der Waals surface area (Å²) in [4.78, 5) is 8.73. The lowest BCUT2D eigenvalue weighted by atomic mass is 9.72. The molecule has 1 aliphatic rings. The van der Waals surface area contributed by atoms with Crippen LogP contribution < -0.4 is 5.32 Å². The van der Waals surface area contributed by atoms with Gasteiger partial charge in [0.05, 0.1) is 17.8 Å². The van der Waals surface area contributed by atoms with Gasteiger partial charge in [0.15, 0.2) is 5.65 Å². The molecule has 1 N–H and O–H groups in total. The highest BCUT2D eigenvalue weighted by atomic mass is 19.4. The molecule has 154 valence electrons. The molecule has 1 aliphatic carbocycles. The number of hydrogen-bond acceptors (Lipinski definition) is 6. The van der Waals surface area contributed by atoms with Crippen LogP contribution in [0.3, 0.4) is 0 Å².